The Labute approximate surface area is 127 Å². The number of phenolic OH excluding ortho intramolecular Hbond substituents is 2. The molecule has 1 unspecified atom stereocenters. The molecule has 0 fully saturated rings. The van der Waals surface area contributed by atoms with Crippen LogP contribution in [0.2, 0.25) is 0 Å². The lowest BCUT2D eigenvalue weighted by atomic mass is 10.0. The molecule has 2 rings (SSSR count). The quantitative estimate of drug-likeness (QED) is 0.765. The van der Waals surface area contributed by atoms with Crippen molar-refractivity contribution < 1.29 is 10.2 Å². The molecule has 0 radical (unpaired) electrons. The SMILES string of the molecule is Cc1cc(NC(C)c2c(O)cccc2O)cc(C)c1Br. The number of phenols is 2. The van der Waals surface area contributed by atoms with E-state index in [1.165, 1.54) is 0 Å². The van der Waals surface area contributed by atoms with E-state index < -0.39 is 0 Å². The maximum Gasteiger partial charge on any atom is 0.124 e. The standard InChI is InChI=1S/C16H18BrNO2/c1-9-7-12(8-10(2)16(9)17)18-11(3)15-13(19)5-4-6-14(15)20/h4-8,11,18-20H,1-3H3. The summed E-state index contributed by atoms with van der Waals surface area (Å²) in [5.41, 5.74) is 3.74. The van der Waals surface area contributed by atoms with Crippen LogP contribution in [0.4, 0.5) is 5.69 Å². The van der Waals surface area contributed by atoms with Crippen LogP contribution in [-0.4, -0.2) is 10.2 Å². The van der Waals surface area contributed by atoms with Crippen molar-refractivity contribution in [2.24, 2.45) is 0 Å². The zero-order valence-corrected chi connectivity index (χ0v) is 13.3. The molecule has 0 bridgehead atoms. The summed E-state index contributed by atoms with van der Waals surface area (Å²) < 4.78 is 1.10. The second-order valence-corrected chi connectivity index (χ2v) is 5.79. The molecule has 1 atom stereocenters. The van der Waals surface area contributed by atoms with Crippen molar-refractivity contribution in [1.29, 1.82) is 0 Å². The van der Waals surface area contributed by atoms with Gasteiger partial charge < -0.3 is 15.5 Å². The number of aromatic hydroxyl groups is 2. The van der Waals surface area contributed by atoms with Gasteiger partial charge in [-0.3, -0.25) is 0 Å². The molecule has 0 saturated carbocycles. The Morgan fingerprint density at radius 1 is 1.05 bits per heavy atom. The maximum absolute atomic E-state index is 9.89. The van der Waals surface area contributed by atoms with Gasteiger partial charge >= 0.3 is 0 Å². The summed E-state index contributed by atoms with van der Waals surface area (Å²) >= 11 is 3.54. The number of benzene rings is 2. The van der Waals surface area contributed by atoms with E-state index in [1.54, 1.807) is 18.2 Å². The van der Waals surface area contributed by atoms with Crippen molar-refractivity contribution in [3.63, 3.8) is 0 Å². The fraction of sp³-hybridized carbons (Fsp3) is 0.250. The molecular formula is C16H18BrNO2. The minimum atomic E-state index is -0.198. The number of hydrogen-bond donors (Lipinski definition) is 3. The Balaban J connectivity index is 2.30. The summed E-state index contributed by atoms with van der Waals surface area (Å²) in [5, 5.41) is 23.1. The largest absolute Gasteiger partial charge is 0.507 e. The molecule has 0 heterocycles. The first-order valence-electron chi connectivity index (χ1n) is 6.44. The first-order chi connectivity index (χ1) is 9.40. The van der Waals surface area contributed by atoms with E-state index in [9.17, 15) is 10.2 Å². The first-order valence-corrected chi connectivity index (χ1v) is 7.23. The Morgan fingerprint density at radius 3 is 2.05 bits per heavy atom. The lowest BCUT2D eigenvalue weighted by molar-refractivity contribution is 0.434. The van der Waals surface area contributed by atoms with Crippen LogP contribution in [0, 0.1) is 13.8 Å². The van der Waals surface area contributed by atoms with E-state index in [1.807, 2.05) is 32.9 Å². The summed E-state index contributed by atoms with van der Waals surface area (Å²) in [4.78, 5) is 0. The molecule has 106 valence electrons. The molecule has 0 aliphatic rings. The average Bonchev–Trinajstić information content (AvgIpc) is 2.35. The summed E-state index contributed by atoms with van der Waals surface area (Å²) in [7, 11) is 0. The molecule has 3 N–H and O–H groups in total. The third-order valence-corrected chi connectivity index (χ3v) is 4.56. The molecule has 3 nitrogen and oxygen atoms in total. The molecule has 2 aromatic rings. The van der Waals surface area contributed by atoms with Gasteiger partial charge in [0.05, 0.1) is 11.6 Å². The van der Waals surface area contributed by atoms with Gasteiger partial charge in [-0.25, -0.2) is 0 Å². The van der Waals surface area contributed by atoms with Crippen molar-refractivity contribution in [1.82, 2.24) is 0 Å². The van der Waals surface area contributed by atoms with Crippen LogP contribution in [0.1, 0.15) is 29.7 Å². The third-order valence-electron chi connectivity index (χ3n) is 3.31. The van der Waals surface area contributed by atoms with E-state index >= 15 is 0 Å². The van der Waals surface area contributed by atoms with Gasteiger partial charge in [-0.05, 0) is 56.2 Å². The molecule has 0 spiro atoms. The number of anilines is 1. The molecule has 0 aliphatic carbocycles. The van der Waals surface area contributed by atoms with Gasteiger partial charge in [0.15, 0.2) is 0 Å². The number of aryl methyl sites for hydroxylation is 2. The lowest BCUT2D eigenvalue weighted by Crippen LogP contribution is -2.07. The van der Waals surface area contributed by atoms with Crippen molar-refractivity contribution in [3.05, 3.63) is 51.5 Å². The van der Waals surface area contributed by atoms with Crippen molar-refractivity contribution >= 4 is 21.6 Å². The van der Waals surface area contributed by atoms with E-state index in [4.69, 9.17) is 0 Å². The van der Waals surface area contributed by atoms with Crippen LogP contribution in [0.5, 0.6) is 11.5 Å². The van der Waals surface area contributed by atoms with E-state index in [-0.39, 0.29) is 17.5 Å². The fourth-order valence-corrected chi connectivity index (χ4v) is 2.57. The second kappa shape index (κ2) is 5.75. The van der Waals surface area contributed by atoms with Gasteiger partial charge in [0.25, 0.3) is 0 Å². The summed E-state index contributed by atoms with van der Waals surface area (Å²) in [6.45, 7) is 5.97. The van der Waals surface area contributed by atoms with E-state index in [0.717, 1.165) is 21.3 Å². The summed E-state index contributed by atoms with van der Waals surface area (Å²) in [6, 6.07) is 8.64. The second-order valence-electron chi connectivity index (χ2n) is 5.00. The summed E-state index contributed by atoms with van der Waals surface area (Å²) in [6.07, 6.45) is 0. The van der Waals surface area contributed by atoms with Gasteiger partial charge in [-0.2, -0.15) is 0 Å². The fourth-order valence-electron chi connectivity index (χ4n) is 2.34. The molecule has 0 amide bonds. The number of hydrogen-bond acceptors (Lipinski definition) is 3. The normalized spacial score (nSPS) is 12.2. The van der Waals surface area contributed by atoms with Crippen LogP contribution in [0.15, 0.2) is 34.8 Å². The molecular weight excluding hydrogens is 318 g/mol. The summed E-state index contributed by atoms with van der Waals surface area (Å²) in [5.74, 6) is 0.186. The Kier molecular flexibility index (Phi) is 4.23. The molecule has 2 aromatic carbocycles. The van der Waals surface area contributed by atoms with Crippen molar-refractivity contribution in [3.8, 4) is 11.5 Å². The third kappa shape index (κ3) is 2.90. The highest BCUT2D eigenvalue weighted by molar-refractivity contribution is 9.10. The van der Waals surface area contributed by atoms with Crippen LogP contribution < -0.4 is 5.32 Å². The van der Waals surface area contributed by atoms with Gasteiger partial charge in [0.2, 0.25) is 0 Å². The Hall–Kier alpha value is -1.68. The highest BCUT2D eigenvalue weighted by Gasteiger charge is 2.15. The van der Waals surface area contributed by atoms with Gasteiger partial charge in [0.1, 0.15) is 11.5 Å². The van der Waals surface area contributed by atoms with Crippen LogP contribution in [0.25, 0.3) is 0 Å². The molecule has 0 aromatic heterocycles. The van der Waals surface area contributed by atoms with Crippen LogP contribution in [0.3, 0.4) is 0 Å². The number of nitrogens with one attached hydrogen (secondary N) is 1. The minimum absolute atomic E-state index is 0.0931. The predicted molar refractivity (Wildman–Crippen MR) is 85.4 cm³/mol. The highest BCUT2D eigenvalue weighted by atomic mass is 79.9. The molecule has 0 aliphatic heterocycles. The number of halogens is 1. The lowest BCUT2D eigenvalue weighted by Gasteiger charge is -2.19. The molecule has 4 heteroatoms. The van der Waals surface area contributed by atoms with Gasteiger partial charge in [-0.15, -0.1) is 0 Å². The van der Waals surface area contributed by atoms with Crippen LogP contribution in [-0.2, 0) is 0 Å². The zero-order valence-electron chi connectivity index (χ0n) is 11.7. The first kappa shape index (κ1) is 14.7. The van der Waals surface area contributed by atoms with Crippen molar-refractivity contribution in [2.45, 2.75) is 26.8 Å². The Bertz CT molecular complexity index is 597. The minimum Gasteiger partial charge on any atom is -0.507 e. The monoisotopic (exact) mass is 335 g/mol. The zero-order chi connectivity index (χ0) is 14.9. The topological polar surface area (TPSA) is 52.5 Å². The predicted octanol–water partition coefficient (Wildman–Crippen LogP) is 4.65. The van der Waals surface area contributed by atoms with E-state index in [2.05, 4.69) is 21.2 Å². The number of rotatable bonds is 3. The Morgan fingerprint density at radius 2 is 1.55 bits per heavy atom. The maximum atomic E-state index is 9.89. The van der Waals surface area contributed by atoms with Gasteiger partial charge in [0, 0.05) is 10.2 Å². The average molecular weight is 336 g/mol. The van der Waals surface area contributed by atoms with Crippen molar-refractivity contribution in [2.75, 3.05) is 5.32 Å². The highest BCUT2D eigenvalue weighted by Crippen LogP contribution is 2.35. The van der Waals surface area contributed by atoms with Gasteiger partial charge in [-0.1, -0.05) is 22.0 Å². The molecule has 0 saturated heterocycles. The molecule has 20 heavy (non-hydrogen) atoms. The smallest absolute Gasteiger partial charge is 0.124 e. The van der Waals surface area contributed by atoms with Crippen LogP contribution >= 0.6 is 15.9 Å². The van der Waals surface area contributed by atoms with E-state index in [0.29, 0.717) is 5.56 Å².